The van der Waals surface area contributed by atoms with Crippen LogP contribution in [0.2, 0.25) is 0 Å². The van der Waals surface area contributed by atoms with Gasteiger partial charge in [0, 0.05) is 24.2 Å². The standard InChI is InChI=1S/C24H26N2O3S/c1-2-30(28,29)26-17-15-24(16-18-26,20-11-4-3-5-12-20)23(27)25-22-14-8-10-19-9-6-7-13-21(19)22/h3-14H,2,15-18H2,1H3,(H,25,27). The van der Waals surface area contributed by atoms with Crippen LogP contribution in [0.3, 0.4) is 0 Å². The van der Waals surface area contributed by atoms with Crippen LogP contribution in [0.5, 0.6) is 0 Å². The lowest BCUT2D eigenvalue weighted by molar-refractivity contribution is -0.123. The average molecular weight is 423 g/mol. The number of fused-ring (bicyclic) bond motifs is 1. The van der Waals surface area contributed by atoms with Gasteiger partial charge in [-0.2, -0.15) is 0 Å². The Bertz CT molecular complexity index is 1150. The molecule has 3 aromatic carbocycles. The highest BCUT2D eigenvalue weighted by Crippen LogP contribution is 2.38. The number of anilines is 1. The van der Waals surface area contributed by atoms with Gasteiger partial charge in [0.1, 0.15) is 0 Å². The number of nitrogens with one attached hydrogen (secondary N) is 1. The third-order valence-corrected chi connectivity index (χ3v) is 8.01. The van der Waals surface area contributed by atoms with Gasteiger partial charge in [-0.05, 0) is 36.8 Å². The first-order valence-corrected chi connectivity index (χ1v) is 11.9. The van der Waals surface area contributed by atoms with Gasteiger partial charge in [-0.3, -0.25) is 4.79 Å². The summed E-state index contributed by atoms with van der Waals surface area (Å²) in [6.45, 7) is 2.34. The lowest BCUT2D eigenvalue weighted by atomic mass is 9.72. The zero-order valence-corrected chi connectivity index (χ0v) is 17.9. The number of hydrogen-bond acceptors (Lipinski definition) is 3. The molecule has 0 bridgehead atoms. The monoisotopic (exact) mass is 422 g/mol. The van der Waals surface area contributed by atoms with Crippen molar-refractivity contribution in [1.29, 1.82) is 0 Å². The molecule has 6 heteroatoms. The van der Waals surface area contributed by atoms with Crippen LogP contribution in [-0.2, 0) is 20.2 Å². The minimum atomic E-state index is -3.27. The van der Waals surface area contributed by atoms with Crippen LogP contribution >= 0.6 is 0 Å². The molecule has 1 N–H and O–H groups in total. The molecule has 1 heterocycles. The number of carbonyl (C=O) groups is 1. The van der Waals surface area contributed by atoms with Crippen molar-refractivity contribution in [3.63, 3.8) is 0 Å². The van der Waals surface area contributed by atoms with Crippen molar-refractivity contribution in [2.75, 3.05) is 24.2 Å². The van der Waals surface area contributed by atoms with Gasteiger partial charge in [0.05, 0.1) is 11.2 Å². The second-order valence-corrected chi connectivity index (χ2v) is 9.99. The molecule has 5 nitrogen and oxygen atoms in total. The first-order chi connectivity index (χ1) is 14.5. The predicted molar refractivity (Wildman–Crippen MR) is 121 cm³/mol. The summed E-state index contributed by atoms with van der Waals surface area (Å²) in [6, 6.07) is 23.5. The summed E-state index contributed by atoms with van der Waals surface area (Å²) in [5.74, 6) is -0.00771. The van der Waals surface area contributed by atoms with Crippen LogP contribution in [0.4, 0.5) is 5.69 Å². The van der Waals surface area contributed by atoms with E-state index in [1.165, 1.54) is 4.31 Å². The number of rotatable bonds is 5. The van der Waals surface area contributed by atoms with E-state index in [0.29, 0.717) is 25.9 Å². The molecule has 1 saturated heterocycles. The topological polar surface area (TPSA) is 66.5 Å². The summed E-state index contributed by atoms with van der Waals surface area (Å²) in [5, 5.41) is 5.21. The largest absolute Gasteiger partial charge is 0.325 e. The fourth-order valence-electron chi connectivity index (χ4n) is 4.31. The van der Waals surface area contributed by atoms with E-state index < -0.39 is 15.4 Å². The molecule has 0 atom stereocenters. The molecule has 0 spiro atoms. The number of piperidine rings is 1. The first-order valence-electron chi connectivity index (χ1n) is 10.3. The highest BCUT2D eigenvalue weighted by Gasteiger charge is 2.44. The Kier molecular flexibility index (Phi) is 5.62. The van der Waals surface area contributed by atoms with Gasteiger partial charge < -0.3 is 5.32 Å². The zero-order valence-electron chi connectivity index (χ0n) is 17.0. The molecule has 1 fully saturated rings. The Balaban J connectivity index is 1.68. The molecule has 0 aliphatic carbocycles. The highest BCUT2D eigenvalue weighted by atomic mass is 32.2. The summed E-state index contributed by atoms with van der Waals surface area (Å²) >= 11 is 0. The van der Waals surface area contributed by atoms with E-state index in [1.807, 2.05) is 72.8 Å². The van der Waals surface area contributed by atoms with Crippen LogP contribution in [0.1, 0.15) is 25.3 Å². The van der Waals surface area contributed by atoms with Crippen molar-refractivity contribution in [1.82, 2.24) is 4.31 Å². The molecule has 0 aromatic heterocycles. The Morgan fingerprint density at radius 2 is 1.57 bits per heavy atom. The number of benzene rings is 3. The normalized spacial score (nSPS) is 17.0. The molecule has 1 aliphatic rings. The SMILES string of the molecule is CCS(=O)(=O)N1CCC(C(=O)Nc2cccc3ccccc23)(c2ccccc2)CC1. The second kappa shape index (κ2) is 8.20. The smallest absolute Gasteiger partial charge is 0.235 e. The molecule has 1 aliphatic heterocycles. The van der Waals surface area contributed by atoms with Gasteiger partial charge in [0.25, 0.3) is 0 Å². The number of hydrogen-bond donors (Lipinski definition) is 1. The maximum atomic E-state index is 13.7. The van der Waals surface area contributed by atoms with Crippen molar-refractivity contribution < 1.29 is 13.2 Å². The fourth-order valence-corrected chi connectivity index (χ4v) is 5.41. The van der Waals surface area contributed by atoms with Crippen molar-refractivity contribution in [2.24, 2.45) is 0 Å². The summed E-state index contributed by atoms with van der Waals surface area (Å²) in [5.41, 5.74) is 0.936. The molecule has 156 valence electrons. The molecule has 3 aromatic rings. The van der Waals surface area contributed by atoms with Crippen molar-refractivity contribution >= 4 is 32.4 Å². The summed E-state index contributed by atoms with van der Waals surface area (Å²) in [6.07, 6.45) is 0.902. The quantitative estimate of drug-likeness (QED) is 0.671. The molecule has 0 radical (unpaired) electrons. The third-order valence-electron chi connectivity index (χ3n) is 6.13. The third kappa shape index (κ3) is 3.73. The zero-order chi connectivity index (χ0) is 21.2. The maximum Gasteiger partial charge on any atom is 0.235 e. The lowest BCUT2D eigenvalue weighted by Gasteiger charge is -2.40. The van der Waals surface area contributed by atoms with Gasteiger partial charge in [-0.1, -0.05) is 66.7 Å². The van der Waals surface area contributed by atoms with Gasteiger partial charge in [-0.15, -0.1) is 0 Å². The Morgan fingerprint density at radius 1 is 0.933 bits per heavy atom. The van der Waals surface area contributed by atoms with Gasteiger partial charge in [0.15, 0.2) is 0 Å². The van der Waals surface area contributed by atoms with E-state index in [4.69, 9.17) is 0 Å². The van der Waals surface area contributed by atoms with E-state index >= 15 is 0 Å². The molecule has 0 unspecified atom stereocenters. The Morgan fingerprint density at radius 3 is 2.27 bits per heavy atom. The average Bonchev–Trinajstić information content (AvgIpc) is 2.80. The molecule has 1 amide bonds. The van der Waals surface area contributed by atoms with Crippen LogP contribution in [0.15, 0.2) is 72.8 Å². The fraction of sp³-hybridized carbons (Fsp3) is 0.292. The molecular weight excluding hydrogens is 396 g/mol. The minimum Gasteiger partial charge on any atom is -0.325 e. The summed E-state index contributed by atoms with van der Waals surface area (Å²) < 4.78 is 26.2. The second-order valence-electron chi connectivity index (χ2n) is 7.73. The lowest BCUT2D eigenvalue weighted by Crippen LogP contribution is -2.51. The van der Waals surface area contributed by atoms with E-state index in [9.17, 15) is 13.2 Å². The van der Waals surface area contributed by atoms with Crippen LogP contribution in [-0.4, -0.2) is 37.5 Å². The number of amides is 1. The van der Waals surface area contributed by atoms with Crippen molar-refractivity contribution in [2.45, 2.75) is 25.2 Å². The Labute approximate surface area is 177 Å². The summed E-state index contributed by atoms with van der Waals surface area (Å²) in [4.78, 5) is 13.7. The molecule has 4 rings (SSSR count). The van der Waals surface area contributed by atoms with E-state index in [-0.39, 0.29) is 11.7 Å². The van der Waals surface area contributed by atoms with Crippen LogP contribution in [0.25, 0.3) is 10.8 Å². The Hall–Kier alpha value is -2.70. The van der Waals surface area contributed by atoms with Gasteiger partial charge in [0.2, 0.25) is 15.9 Å². The van der Waals surface area contributed by atoms with Crippen LogP contribution in [0, 0.1) is 0 Å². The highest BCUT2D eigenvalue weighted by molar-refractivity contribution is 7.89. The van der Waals surface area contributed by atoms with Crippen LogP contribution < -0.4 is 5.32 Å². The van der Waals surface area contributed by atoms with Crippen molar-refractivity contribution in [3.05, 3.63) is 78.4 Å². The van der Waals surface area contributed by atoms with E-state index in [0.717, 1.165) is 22.0 Å². The van der Waals surface area contributed by atoms with E-state index in [1.54, 1.807) is 6.92 Å². The first kappa shape index (κ1) is 20.6. The van der Waals surface area contributed by atoms with Gasteiger partial charge in [-0.25, -0.2) is 12.7 Å². The predicted octanol–water partition coefficient (Wildman–Crippen LogP) is 4.16. The summed E-state index contributed by atoms with van der Waals surface area (Å²) in [7, 11) is -3.27. The molecule has 0 saturated carbocycles. The molecular formula is C24H26N2O3S. The maximum absolute atomic E-state index is 13.7. The van der Waals surface area contributed by atoms with E-state index in [2.05, 4.69) is 5.32 Å². The van der Waals surface area contributed by atoms with Gasteiger partial charge >= 0.3 is 0 Å². The minimum absolute atomic E-state index is 0.0769. The number of sulfonamides is 1. The van der Waals surface area contributed by atoms with Crippen molar-refractivity contribution in [3.8, 4) is 0 Å². The number of nitrogens with zero attached hydrogens (tertiary/aromatic N) is 1. The molecule has 30 heavy (non-hydrogen) atoms. The number of carbonyl (C=O) groups excluding carboxylic acids is 1.